The molecule has 0 unspecified atom stereocenters. The predicted octanol–water partition coefficient (Wildman–Crippen LogP) is 5.82. The Bertz CT molecular complexity index is 1420. The zero-order valence-corrected chi connectivity index (χ0v) is 26.5. The molecule has 2 N–H and O–H groups in total. The minimum absolute atomic E-state index is 0.00275. The van der Waals surface area contributed by atoms with E-state index in [1.165, 1.54) is 11.1 Å². The SMILES string of the molecule is COc1ccc(C2CCC(CN(C(=O)C3CCC(NC(=O)CO)CC3)c3cc(-c4cnn(C(C)C)c4)ccn3)CC2)cc1C. The molecule has 2 amide bonds. The number of carbonyl (C=O) groups excluding carboxylic acids is 2. The van der Waals surface area contributed by atoms with E-state index in [0.717, 1.165) is 55.4 Å². The van der Waals surface area contributed by atoms with Gasteiger partial charge in [0.2, 0.25) is 11.8 Å². The van der Waals surface area contributed by atoms with Crippen molar-refractivity contribution in [2.24, 2.45) is 11.8 Å². The molecular formula is C35H47N5O4. The molecule has 9 nitrogen and oxygen atoms in total. The van der Waals surface area contributed by atoms with Gasteiger partial charge in [-0.15, -0.1) is 0 Å². The van der Waals surface area contributed by atoms with Crippen LogP contribution in [0.3, 0.4) is 0 Å². The molecule has 44 heavy (non-hydrogen) atoms. The number of nitrogens with zero attached hydrogens (tertiary/aromatic N) is 4. The van der Waals surface area contributed by atoms with Crippen LogP contribution in [0, 0.1) is 18.8 Å². The fourth-order valence-electron chi connectivity index (χ4n) is 6.88. The highest BCUT2D eigenvalue weighted by Crippen LogP contribution is 2.39. The molecule has 0 bridgehead atoms. The third-order valence-corrected chi connectivity index (χ3v) is 9.51. The van der Waals surface area contributed by atoms with Crippen molar-refractivity contribution >= 4 is 17.6 Å². The van der Waals surface area contributed by atoms with Gasteiger partial charge in [-0.25, -0.2) is 4.98 Å². The maximum Gasteiger partial charge on any atom is 0.245 e. The lowest BCUT2D eigenvalue weighted by Crippen LogP contribution is -2.44. The van der Waals surface area contributed by atoms with Crippen molar-refractivity contribution < 1.29 is 19.4 Å². The largest absolute Gasteiger partial charge is 0.496 e. The molecule has 0 radical (unpaired) electrons. The summed E-state index contributed by atoms with van der Waals surface area (Å²) in [4.78, 5) is 32.6. The molecule has 5 rings (SSSR count). The summed E-state index contributed by atoms with van der Waals surface area (Å²) in [6.07, 6.45) is 12.9. The van der Waals surface area contributed by atoms with E-state index in [-0.39, 0.29) is 29.8 Å². The Labute approximate surface area is 261 Å². The number of aliphatic hydroxyl groups is 1. The number of pyridine rings is 1. The van der Waals surface area contributed by atoms with Gasteiger partial charge >= 0.3 is 0 Å². The van der Waals surface area contributed by atoms with Crippen LogP contribution >= 0.6 is 0 Å². The highest BCUT2D eigenvalue weighted by atomic mass is 16.5. The third-order valence-electron chi connectivity index (χ3n) is 9.51. The second-order valence-corrected chi connectivity index (χ2v) is 12.9. The second-order valence-electron chi connectivity index (χ2n) is 12.9. The summed E-state index contributed by atoms with van der Waals surface area (Å²) in [6.45, 7) is 6.44. The van der Waals surface area contributed by atoms with Crippen molar-refractivity contribution in [1.29, 1.82) is 0 Å². The molecule has 2 aliphatic carbocycles. The average molecular weight is 602 g/mol. The minimum atomic E-state index is -0.509. The highest BCUT2D eigenvalue weighted by Gasteiger charge is 2.33. The Balaban J connectivity index is 1.32. The first-order chi connectivity index (χ1) is 21.2. The number of benzene rings is 1. The molecule has 2 fully saturated rings. The standard InChI is InChI=1S/C35H47N5O4/c1-23(2)40-21-30(19-37-40)29-15-16-36-33(18-29)39(35(43)27-9-12-31(13-10-27)38-34(42)22-41)20-25-5-7-26(8-6-25)28-11-14-32(44-4)24(3)17-28/h11,14-19,21,23,25-27,31,41H,5-10,12-13,20,22H2,1-4H3,(H,38,42). The van der Waals surface area contributed by atoms with Gasteiger partial charge in [-0.2, -0.15) is 5.10 Å². The highest BCUT2D eigenvalue weighted by molar-refractivity contribution is 5.94. The van der Waals surface area contributed by atoms with Crippen LogP contribution in [0.4, 0.5) is 5.82 Å². The van der Waals surface area contributed by atoms with Crippen molar-refractivity contribution in [2.45, 2.75) is 90.1 Å². The van der Waals surface area contributed by atoms with E-state index in [4.69, 9.17) is 14.8 Å². The molecule has 0 atom stereocenters. The smallest absolute Gasteiger partial charge is 0.245 e. The molecule has 2 heterocycles. The average Bonchev–Trinajstić information content (AvgIpc) is 3.55. The summed E-state index contributed by atoms with van der Waals surface area (Å²) in [5.41, 5.74) is 4.54. The number of amides is 2. The van der Waals surface area contributed by atoms with E-state index in [0.29, 0.717) is 37.0 Å². The number of ether oxygens (including phenoxy) is 1. The van der Waals surface area contributed by atoms with Gasteiger partial charge < -0.3 is 15.2 Å². The Hall–Kier alpha value is -3.72. The summed E-state index contributed by atoms with van der Waals surface area (Å²) in [7, 11) is 1.71. The van der Waals surface area contributed by atoms with Crippen LogP contribution in [0.15, 0.2) is 48.9 Å². The molecule has 2 saturated carbocycles. The molecule has 0 aliphatic heterocycles. The maximum absolute atomic E-state index is 14.2. The number of aromatic nitrogens is 3. The summed E-state index contributed by atoms with van der Waals surface area (Å²) >= 11 is 0. The van der Waals surface area contributed by atoms with E-state index < -0.39 is 6.61 Å². The number of hydrogen-bond donors (Lipinski definition) is 2. The second kappa shape index (κ2) is 14.4. The fraction of sp³-hybridized carbons (Fsp3) is 0.543. The van der Waals surface area contributed by atoms with Crippen molar-refractivity contribution in [1.82, 2.24) is 20.1 Å². The van der Waals surface area contributed by atoms with Gasteiger partial charge in [0.25, 0.3) is 0 Å². The first-order valence-corrected chi connectivity index (χ1v) is 16.1. The lowest BCUT2D eigenvalue weighted by molar-refractivity contribution is -0.125. The number of aryl methyl sites for hydroxylation is 1. The fourth-order valence-corrected chi connectivity index (χ4v) is 6.88. The monoisotopic (exact) mass is 601 g/mol. The minimum Gasteiger partial charge on any atom is -0.496 e. The van der Waals surface area contributed by atoms with E-state index in [2.05, 4.69) is 49.4 Å². The number of aliphatic hydroxyl groups excluding tert-OH is 1. The van der Waals surface area contributed by atoms with Crippen LogP contribution < -0.4 is 15.0 Å². The van der Waals surface area contributed by atoms with Gasteiger partial charge in [0.05, 0.1) is 13.3 Å². The molecule has 236 valence electrons. The summed E-state index contributed by atoms with van der Waals surface area (Å²) in [5, 5.41) is 16.5. The van der Waals surface area contributed by atoms with Gasteiger partial charge in [-0.3, -0.25) is 19.2 Å². The summed E-state index contributed by atoms with van der Waals surface area (Å²) in [5.74, 6) is 2.16. The molecule has 1 aromatic carbocycles. The van der Waals surface area contributed by atoms with Gasteiger partial charge in [-0.05, 0) is 119 Å². The summed E-state index contributed by atoms with van der Waals surface area (Å²) in [6, 6.07) is 10.8. The lowest BCUT2D eigenvalue weighted by Gasteiger charge is -2.36. The number of methoxy groups -OCH3 is 1. The Morgan fingerprint density at radius 3 is 2.43 bits per heavy atom. The number of carbonyl (C=O) groups is 2. The van der Waals surface area contributed by atoms with Crippen molar-refractivity contribution in [3.8, 4) is 16.9 Å². The Morgan fingerprint density at radius 1 is 1.05 bits per heavy atom. The third kappa shape index (κ3) is 7.49. The van der Waals surface area contributed by atoms with Crippen molar-refractivity contribution in [2.75, 3.05) is 25.2 Å². The van der Waals surface area contributed by atoms with Gasteiger partial charge in [0.1, 0.15) is 18.2 Å². The van der Waals surface area contributed by atoms with E-state index >= 15 is 0 Å². The lowest BCUT2D eigenvalue weighted by atomic mass is 9.78. The van der Waals surface area contributed by atoms with E-state index in [1.54, 1.807) is 13.3 Å². The van der Waals surface area contributed by atoms with Crippen molar-refractivity contribution in [3.63, 3.8) is 0 Å². The van der Waals surface area contributed by atoms with Crippen LogP contribution in [0.1, 0.15) is 88.3 Å². The Kier molecular flexibility index (Phi) is 10.4. The molecule has 2 aromatic heterocycles. The molecule has 0 saturated heterocycles. The summed E-state index contributed by atoms with van der Waals surface area (Å²) < 4.78 is 7.40. The zero-order chi connectivity index (χ0) is 31.2. The van der Waals surface area contributed by atoms with Gasteiger partial charge in [-0.1, -0.05) is 12.1 Å². The molecule has 0 spiro atoms. The number of nitrogens with one attached hydrogen (secondary N) is 1. The van der Waals surface area contributed by atoms with Crippen LogP contribution in [-0.4, -0.2) is 58.0 Å². The van der Waals surface area contributed by atoms with Gasteiger partial charge in [0.15, 0.2) is 0 Å². The van der Waals surface area contributed by atoms with Crippen LogP contribution in [0.25, 0.3) is 11.1 Å². The van der Waals surface area contributed by atoms with Crippen molar-refractivity contribution in [3.05, 3.63) is 60.0 Å². The first kappa shape index (κ1) is 31.7. The zero-order valence-electron chi connectivity index (χ0n) is 26.5. The number of anilines is 1. The van der Waals surface area contributed by atoms with Crippen LogP contribution in [0.5, 0.6) is 5.75 Å². The Morgan fingerprint density at radius 2 is 1.80 bits per heavy atom. The first-order valence-electron chi connectivity index (χ1n) is 16.1. The molecule has 9 heteroatoms. The quantitative estimate of drug-likeness (QED) is 0.303. The maximum atomic E-state index is 14.2. The number of hydrogen-bond acceptors (Lipinski definition) is 6. The molecular weight excluding hydrogens is 554 g/mol. The predicted molar refractivity (Wildman–Crippen MR) is 172 cm³/mol. The van der Waals surface area contributed by atoms with E-state index in [9.17, 15) is 9.59 Å². The normalized spacial score (nSPS) is 22.0. The van der Waals surface area contributed by atoms with Crippen LogP contribution in [-0.2, 0) is 9.59 Å². The van der Waals surface area contributed by atoms with Crippen LogP contribution in [0.2, 0.25) is 0 Å². The number of rotatable bonds is 10. The molecule has 3 aromatic rings. The molecule has 2 aliphatic rings. The topological polar surface area (TPSA) is 110 Å². The van der Waals surface area contributed by atoms with Gasteiger partial charge in [0, 0.05) is 42.5 Å². The van der Waals surface area contributed by atoms with E-state index in [1.807, 2.05) is 34.1 Å².